The molecule has 0 aliphatic heterocycles. The fraction of sp³-hybridized carbons (Fsp3) is 0.350. The van der Waals surface area contributed by atoms with Crippen LogP contribution in [-0.2, 0) is 16.1 Å². The number of thioether (sulfide) groups is 1. The summed E-state index contributed by atoms with van der Waals surface area (Å²) in [5, 5.41) is 11.9. The highest BCUT2D eigenvalue weighted by atomic mass is 32.2. The van der Waals surface area contributed by atoms with Crippen molar-refractivity contribution in [3.05, 3.63) is 54.2 Å². The van der Waals surface area contributed by atoms with Gasteiger partial charge in [-0.15, -0.1) is 10.2 Å². The second kappa shape index (κ2) is 10.7. The van der Waals surface area contributed by atoms with E-state index >= 15 is 0 Å². The van der Waals surface area contributed by atoms with Crippen molar-refractivity contribution in [2.45, 2.75) is 25.1 Å². The van der Waals surface area contributed by atoms with Crippen LogP contribution in [0.2, 0.25) is 0 Å². The second-order valence-corrected chi connectivity index (χ2v) is 7.13. The molecule has 3 aromatic rings. The van der Waals surface area contributed by atoms with Crippen LogP contribution in [0.15, 0.2) is 52.2 Å². The zero-order valence-corrected chi connectivity index (χ0v) is 17.3. The van der Waals surface area contributed by atoms with Gasteiger partial charge in [0, 0.05) is 18.8 Å². The van der Waals surface area contributed by atoms with Crippen molar-refractivity contribution in [1.29, 1.82) is 0 Å². The normalized spacial score (nSPS) is 10.8. The third-order valence-electron chi connectivity index (χ3n) is 4.07. The van der Waals surface area contributed by atoms with Crippen molar-refractivity contribution in [2.24, 2.45) is 0 Å². The smallest absolute Gasteiger partial charge is 0.230 e. The van der Waals surface area contributed by atoms with E-state index in [1.54, 1.807) is 13.4 Å². The number of carbonyl (C=O) groups is 1. The Morgan fingerprint density at radius 1 is 1.24 bits per heavy atom. The lowest BCUT2D eigenvalue weighted by Gasteiger charge is -2.09. The summed E-state index contributed by atoms with van der Waals surface area (Å²) < 4.78 is 17.8. The van der Waals surface area contributed by atoms with Crippen molar-refractivity contribution in [2.75, 3.05) is 26.0 Å². The van der Waals surface area contributed by atoms with Crippen LogP contribution < -0.4 is 10.1 Å². The summed E-state index contributed by atoms with van der Waals surface area (Å²) in [4.78, 5) is 12.1. The number of benzene rings is 1. The van der Waals surface area contributed by atoms with Crippen LogP contribution in [0, 0.1) is 6.92 Å². The molecule has 0 unspecified atom stereocenters. The Morgan fingerprint density at radius 3 is 2.79 bits per heavy atom. The molecular formula is C20H24N4O4S. The molecule has 29 heavy (non-hydrogen) atoms. The lowest BCUT2D eigenvalue weighted by molar-refractivity contribution is -0.118. The number of hydrogen-bond acceptors (Lipinski definition) is 7. The third-order valence-corrected chi connectivity index (χ3v) is 5.00. The fourth-order valence-electron chi connectivity index (χ4n) is 2.62. The van der Waals surface area contributed by atoms with Crippen molar-refractivity contribution >= 4 is 17.7 Å². The van der Waals surface area contributed by atoms with Gasteiger partial charge in [0.15, 0.2) is 5.16 Å². The minimum atomic E-state index is -0.0528. The van der Waals surface area contributed by atoms with Crippen LogP contribution in [-0.4, -0.2) is 46.7 Å². The molecule has 0 atom stereocenters. The lowest BCUT2D eigenvalue weighted by Crippen LogP contribution is -2.27. The highest BCUT2D eigenvalue weighted by molar-refractivity contribution is 7.99. The van der Waals surface area contributed by atoms with Gasteiger partial charge in [0.05, 0.1) is 19.1 Å². The Labute approximate surface area is 173 Å². The molecule has 0 aliphatic rings. The molecule has 9 heteroatoms. The largest absolute Gasteiger partial charge is 0.497 e. The van der Waals surface area contributed by atoms with Crippen LogP contribution in [0.25, 0.3) is 5.69 Å². The molecule has 8 nitrogen and oxygen atoms in total. The van der Waals surface area contributed by atoms with E-state index in [1.807, 2.05) is 47.9 Å². The summed E-state index contributed by atoms with van der Waals surface area (Å²) in [6, 6.07) is 11.3. The number of aromatic nitrogens is 3. The molecule has 3 rings (SSSR count). The number of rotatable bonds is 11. The van der Waals surface area contributed by atoms with Gasteiger partial charge in [-0.25, -0.2) is 0 Å². The second-order valence-electron chi connectivity index (χ2n) is 6.19. The number of nitrogens with one attached hydrogen (secondary N) is 1. The Hall–Kier alpha value is -2.78. The molecule has 0 bridgehead atoms. The van der Waals surface area contributed by atoms with Gasteiger partial charge in [0.2, 0.25) is 5.91 Å². The summed E-state index contributed by atoms with van der Waals surface area (Å²) in [7, 11) is 1.63. The number of ether oxygens (including phenoxy) is 2. The molecule has 1 amide bonds. The van der Waals surface area contributed by atoms with E-state index in [2.05, 4.69) is 15.5 Å². The number of hydrogen-bond donors (Lipinski definition) is 1. The molecule has 0 spiro atoms. The molecule has 2 heterocycles. The zero-order valence-electron chi connectivity index (χ0n) is 16.5. The van der Waals surface area contributed by atoms with Crippen molar-refractivity contribution < 1.29 is 18.7 Å². The summed E-state index contributed by atoms with van der Waals surface area (Å²) in [5.74, 6) is 2.54. The lowest BCUT2D eigenvalue weighted by atomic mass is 10.3. The maximum absolute atomic E-state index is 12.1. The van der Waals surface area contributed by atoms with Gasteiger partial charge in [0.1, 0.15) is 23.9 Å². The number of furan rings is 1. The van der Waals surface area contributed by atoms with Crippen LogP contribution in [0.5, 0.6) is 5.75 Å². The quantitative estimate of drug-likeness (QED) is 0.379. The van der Waals surface area contributed by atoms with Gasteiger partial charge < -0.3 is 19.2 Å². The van der Waals surface area contributed by atoms with Gasteiger partial charge in [-0.1, -0.05) is 11.8 Å². The monoisotopic (exact) mass is 416 g/mol. The molecular weight excluding hydrogens is 392 g/mol. The van der Waals surface area contributed by atoms with Gasteiger partial charge in [0.25, 0.3) is 0 Å². The highest BCUT2D eigenvalue weighted by Crippen LogP contribution is 2.23. The number of amides is 1. The SMILES string of the molecule is COc1ccc(-n2c(C)nnc2SCC(=O)NCCCOCc2ccco2)cc1. The van der Waals surface area contributed by atoms with E-state index < -0.39 is 0 Å². The standard InChI is InChI=1S/C20H24N4O4S/c1-15-22-23-20(24(15)16-6-8-17(26-2)9-7-16)29-14-19(25)21-10-4-11-27-13-18-5-3-12-28-18/h3,5-9,12H,4,10-11,13-14H2,1-2H3,(H,21,25). The summed E-state index contributed by atoms with van der Waals surface area (Å²) >= 11 is 1.35. The molecule has 0 saturated heterocycles. The summed E-state index contributed by atoms with van der Waals surface area (Å²) in [6.07, 6.45) is 2.35. The maximum atomic E-state index is 12.1. The zero-order chi connectivity index (χ0) is 20.5. The first-order valence-electron chi connectivity index (χ1n) is 9.23. The average molecular weight is 417 g/mol. The Morgan fingerprint density at radius 2 is 2.07 bits per heavy atom. The first-order valence-corrected chi connectivity index (χ1v) is 10.2. The van der Waals surface area contributed by atoms with Gasteiger partial charge >= 0.3 is 0 Å². The van der Waals surface area contributed by atoms with Crippen molar-refractivity contribution in [1.82, 2.24) is 20.1 Å². The number of aryl methyl sites for hydroxylation is 1. The molecule has 0 radical (unpaired) electrons. The summed E-state index contributed by atoms with van der Waals surface area (Å²) in [5.41, 5.74) is 0.921. The predicted octanol–water partition coefficient (Wildman–Crippen LogP) is 2.99. The average Bonchev–Trinajstić information content (AvgIpc) is 3.38. The first-order chi connectivity index (χ1) is 14.2. The van der Waals surface area contributed by atoms with Crippen LogP contribution in [0.1, 0.15) is 18.0 Å². The van der Waals surface area contributed by atoms with E-state index in [0.29, 0.717) is 24.9 Å². The first kappa shape index (κ1) is 20.9. The molecule has 1 N–H and O–H groups in total. The third kappa shape index (κ3) is 6.10. The maximum Gasteiger partial charge on any atom is 0.230 e. The van der Waals surface area contributed by atoms with Gasteiger partial charge in [-0.2, -0.15) is 0 Å². The topological polar surface area (TPSA) is 91.4 Å². The molecule has 0 saturated carbocycles. The van der Waals surface area contributed by atoms with E-state index in [4.69, 9.17) is 13.9 Å². The van der Waals surface area contributed by atoms with Crippen LogP contribution >= 0.6 is 11.8 Å². The molecule has 0 aliphatic carbocycles. The molecule has 154 valence electrons. The van der Waals surface area contributed by atoms with E-state index in [0.717, 1.165) is 29.4 Å². The van der Waals surface area contributed by atoms with Crippen LogP contribution in [0.3, 0.4) is 0 Å². The Balaban J connectivity index is 1.41. The number of carbonyl (C=O) groups excluding carboxylic acids is 1. The molecule has 1 aromatic carbocycles. The van der Waals surface area contributed by atoms with E-state index in [9.17, 15) is 4.79 Å². The minimum Gasteiger partial charge on any atom is -0.497 e. The van der Waals surface area contributed by atoms with Crippen LogP contribution in [0.4, 0.5) is 0 Å². The van der Waals surface area contributed by atoms with Gasteiger partial charge in [-0.05, 0) is 49.7 Å². The molecule has 0 fully saturated rings. The molecule has 2 aromatic heterocycles. The number of nitrogens with zero attached hydrogens (tertiary/aromatic N) is 3. The fourth-order valence-corrected chi connectivity index (χ4v) is 3.44. The minimum absolute atomic E-state index is 0.0528. The number of methoxy groups -OCH3 is 1. The van der Waals surface area contributed by atoms with E-state index in [-0.39, 0.29) is 11.7 Å². The Kier molecular flexibility index (Phi) is 7.71. The summed E-state index contributed by atoms with van der Waals surface area (Å²) in [6.45, 7) is 3.43. The van der Waals surface area contributed by atoms with Crippen molar-refractivity contribution in [3.8, 4) is 11.4 Å². The Bertz CT molecular complexity index is 894. The predicted molar refractivity (Wildman–Crippen MR) is 109 cm³/mol. The highest BCUT2D eigenvalue weighted by Gasteiger charge is 2.13. The van der Waals surface area contributed by atoms with E-state index in [1.165, 1.54) is 11.8 Å². The van der Waals surface area contributed by atoms with Crippen molar-refractivity contribution in [3.63, 3.8) is 0 Å². The van der Waals surface area contributed by atoms with Gasteiger partial charge in [-0.3, -0.25) is 9.36 Å².